The van der Waals surface area contributed by atoms with E-state index in [4.69, 9.17) is 27.9 Å². The molecule has 1 aliphatic rings. The summed E-state index contributed by atoms with van der Waals surface area (Å²) in [7, 11) is 0. The van der Waals surface area contributed by atoms with Crippen molar-refractivity contribution < 1.29 is 14.3 Å². The zero-order valence-electron chi connectivity index (χ0n) is 17.6. The third-order valence-corrected chi connectivity index (χ3v) is 6.56. The standard InChI is InChI=1S/C23H25Cl2N3O3S/c24-20-5-4-6-21(25)19(20)15-32-16-22(29)27-26-13-17-7-9-18(10-8-17)31-14-23(30)28-11-2-1-3-12-28/h4-10,13H,1-3,11-12,14-16H2,(H,27,29)/b26-13-. The van der Waals surface area contributed by atoms with Crippen LogP contribution < -0.4 is 10.2 Å². The zero-order chi connectivity index (χ0) is 22.8. The molecule has 0 atom stereocenters. The topological polar surface area (TPSA) is 71.0 Å². The summed E-state index contributed by atoms with van der Waals surface area (Å²) in [5, 5.41) is 5.15. The molecule has 2 aromatic rings. The van der Waals surface area contributed by atoms with E-state index in [0.29, 0.717) is 21.5 Å². The highest BCUT2D eigenvalue weighted by Gasteiger charge is 2.16. The van der Waals surface area contributed by atoms with E-state index in [1.807, 2.05) is 17.0 Å². The summed E-state index contributed by atoms with van der Waals surface area (Å²) >= 11 is 13.7. The second kappa shape index (κ2) is 12.7. The molecule has 3 rings (SSSR count). The fourth-order valence-corrected chi connectivity index (χ4v) is 4.71. The molecule has 1 N–H and O–H groups in total. The number of hydrogen-bond donors (Lipinski definition) is 1. The average molecular weight is 494 g/mol. The van der Waals surface area contributed by atoms with Crippen LogP contribution in [0, 0.1) is 0 Å². The zero-order valence-corrected chi connectivity index (χ0v) is 19.9. The molecular weight excluding hydrogens is 469 g/mol. The molecule has 0 aromatic heterocycles. The Balaban J connectivity index is 1.36. The van der Waals surface area contributed by atoms with Crippen molar-refractivity contribution in [3.05, 3.63) is 63.6 Å². The summed E-state index contributed by atoms with van der Waals surface area (Å²) in [5.41, 5.74) is 4.12. The highest BCUT2D eigenvalue weighted by Crippen LogP contribution is 2.28. The summed E-state index contributed by atoms with van der Waals surface area (Å²) in [4.78, 5) is 26.0. The summed E-state index contributed by atoms with van der Waals surface area (Å²) in [6, 6.07) is 12.5. The molecule has 2 aromatic carbocycles. The van der Waals surface area contributed by atoms with Crippen LogP contribution in [0.5, 0.6) is 5.75 Å². The van der Waals surface area contributed by atoms with Crippen LogP contribution in [0.2, 0.25) is 10.0 Å². The molecule has 170 valence electrons. The van der Waals surface area contributed by atoms with Crippen LogP contribution >= 0.6 is 35.0 Å². The molecule has 0 radical (unpaired) electrons. The molecule has 2 amide bonds. The number of carbonyl (C=O) groups excluding carboxylic acids is 2. The molecule has 0 spiro atoms. The Bertz CT molecular complexity index is 928. The number of thioether (sulfide) groups is 1. The molecule has 0 saturated carbocycles. The number of likely N-dealkylation sites (tertiary alicyclic amines) is 1. The first-order valence-corrected chi connectivity index (χ1v) is 12.3. The number of hydrazone groups is 1. The lowest BCUT2D eigenvalue weighted by molar-refractivity contribution is -0.134. The Morgan fingerprint density at radius 1 is 1.06 bits per heavy atom. The first-order chi connectivity index (χ1) is 15.5. The first-order valence-electron chi connectivity index (χ1n) is 10.4. The Kier molecular flexibility index (Phi) is 9.71. The van der Waals surface area contributed by atoms with Gasteiger partial charge in [0.2, 0.25) is 5.91 Å². The monoisotopic (exact) mass is 493 g/mol. The van der Waals surface area contributed by atoms with Gasteiger partial charge in [0.05, 0.1) is 12.0 Å². The Labute approximate surface area is 202 Å². The van der Waals surface area contributed by atoms with Gasteiger partial charge in [-0.15, -0.1) is 11.8 Å². The number of nitrogens with one attached hydrogen (secondary N) is 1. The van der Waals surface area contributed by atoms with Gasteiger partial charge in [-0.25, -0.2) is 5.43 Å². The van der Waals surface area contributed by atoms with Crippen molar-refractivity contribution in [3.63, 3.8) is 0 Å². The second-order valence-corrected chi connectivity index (χ2v) is 9.09. The number of hydrogen-bond acceptors (Lipinski definition) is 5. The van der Waals surface area contributed by atoms with Crippen molar-refractivity contribution in [2.45, 2.75) is 25.0 Å². The lowest BCUT2D eigenvalue weighted by Crippen LogP contribution is -2.38. The van der Waals surface area contributed by atoms with Gasteiger partial charge in [0.1, 0.15) is 5.75 Å². The van der Waals surface area contributed by atoms with Crippen LogP contribution in [0.1, 0.15) is 30.4 Å². The molecule has 1 aliphatic heterocycles. The van der Waals surface area contributed by atoms with Crippen LogP contribution in [-0.4, -0.2) is 48.4 Å². The van der Waals surface area contributed by atoms with Crippen LogP contribution in [0.25, 0.3) is 0 Å². The minimum atomic E-state index is -0.217. The highest BCUT2D eigenvalue weighted by molar-refractivity contribution is 7.99. The third-order valence-electron chi connectivity index (χ3n) is 4.90. The normalized spacial score (nSPS) is 13.9. The van der Waals surface area contributed by atoms with Crippen molar-refractivity contribution in [2.75, 3.05) is 25.4 Å². The third kappa shape index (κ3) is 7.73. The number of piperidine rings is 1. The van der Waals surface area contributed by atoms with E-state index in [2.05, 4.69) is 10.5 Å². The molecule has 32 heavy (non-hydrogen) atoms. The van der Waals surface area contributed by atoms with Crippen LogP contribution in [0.15, 0.2) is 47.6 Å². The minimum Gasteiger partial charge on any atom is -0.484 e. The number of ether oxygens (including phenoxy) is 1. The number of halogens is 2. The summed E-state index contributed by atoms with van der Waals surface area (Å²) in [5.74, 6) is 1.19. The summed E-state index contributed by atoms with van der Waals surface area (Å²) < 4.78 is 5.59. The highest BCUT2D eigenvalue weighted by atomic mass is 35.5. The van der Waals surface area contributed by atoms with Crippen molar-refractivity contribution in [1.29, 1.82) is 0 Å². The van der Waals surface area contributed by atoms with Gasteiger partial charge in [-0.2, -0.15) is 5.10 Å². The Hall–Kier alpha value is -2.22. The van der Waals surface area contributed by atoms with E-state index in [0.717, 1.165) is 37.1 Å². The molecule has 1 heterocycles. The van der Waals surface area contributed by atoms with Gasteiger partial charge in [-0.05, 0) is 66.8 Å². The van der Waals surface area contributed by atoms with Crippen molar-refractivity contribution in [3.8, 4) is 5.75 Å². The van der Waals surface area contributed by atoms with E-state index in [1.165, 1.54) is 18.2 Å². The number of nitrogens with zero attached hydrogens (tertiary/aromatic N) is 2. The molecule has 9 heteroatoms. The van der Waals surface area contributed by atoms with Gasteiger partial charge in [0, 0.05) is 28.9 Å². The fraction of sp³-hybridized carbons (Fsp3) is 0.348. The van der Waals surface area contributed by atoms with E-state index in [1.54, 1.807) is 36.5 Å². The van der Waals surface area contributed by atoms with E-state index in [9.17, 15) is 9.59 Å². The van der Waals surface area contributed by atoms with Crippen LogP contribution in [0.3, 0.4) is 0 Å². The van der Waals surface area contributed by atoms with Gasteiger partial charge in [0.15, 0.2) is 6.61 Å². The number of benzene rings is 2. The molecule has 0 aliphatic carbocycles. The van der Waals surface area contributed by atoms with Crippen LogP contribution in [0.4, 0.5) is 0 Å². The quantitative estimate of drug-likeness (QED) is 0.403. The molecule has 1 fully saturated rings. The maximum Gasteiger partial charge on any atom is 0.260 e. The molecule has 0 bridgehead atoms. The van der Waals surface area contributed by atoms with Crippen molar-refractivity contribution in [2.24, 2.45) is 5.10 Å². The molecule has 6 nitrogen and oxygen atoms in total. The lowest BCUT2D eigenvalue weighted by atomic mass is 10.1. The fourth-order valence-electron chi connectivity index (χ4n) is 3.16. The van der Waals surface area contributed by atoms with E-state index >= 15 is 0 Å². The predicted octanol–water partition coefficient (Wildman–Crippen LogP) is 4.77. The smallest absolute Gasteiger partial charge is 0.260 e. The van der Waals surface area contributed by atoms with Gasteiger partial charge in [-0.1, -0.05) is 29.3 Å². The largest absolute Gasteiger partial charge is 0.484 e. The maximum atomic E-state index is 12.2. The SMILES string of the molecule is O=C(CSCc1c(Cl)cccc1Cl)N/N=C\c1ccc(OCC(=O)N2CCCCC2)cc1. The van der Waals surface area contributed by atoms with Gasteiger partial charge >= 0.3 is 0 Å². The molecule has 0 unspecified atom stereocenters. The first kappa shape index (κ1) is 24.4. The van der Waals surface area contributed by atoms with E-state index < -0.39 is 0 Å². The Morgan fingerprint density at radius 3 is 2.44 bits per heavy atom. The van der Waals surface area contributed by atoms with Gasteiger partial charge < -0.3 is 9.64 Å². The van der Waals surface area contributed by atoms with E-state index in [-0.39, 0.29) is 24.2 Å². The maximum absolute atomic E-state index is 12.2. The van der Waals surface area contributed by atoms with Gasteiger partial charge in [-0.3, -0.25) is 9.59 Å². The summed E-state index contributed by atoms with van der Waals surface area (Å²) in [6.45, 7) is 1.67. The average Bonchev–Trinajstić information content (AvgIpc) is 2.81. The minimum absolute atomic E-state index is 0.0210. The second-order valence-electron chi connectivity index (χ2n) is 7.29. The lowest BCUT2D eigenvalue weighted by Gasteiger charge is -2.26. The molecular formula is C23H25Cl2N3O3S. The van der Waals surface area contributed by atoms with Crippen molar-refractivity contribution in [1.82, 2.24) is 10.3 Å². The Morgan fingerprint density at radius 2 is 1.75 bits per heavy atom. The number of carbonyl (C=O) groups is 2. The van der Waals surface area contributed by atoms with Crippen LogP contribution in [-0.2, 0) is 15.3 Å². The summed E-state index contributed by atoms with van der Waals surface area (Å²) in [6.07, 6.45) is 4.86. The number of rotatable bonds is 9. The molecule has 1 saturated heterocycles. The van der Waals surface area contributed by atoms with Crippen molar-refractivity contribution >= 4 is 53.0 Å². The predicted molar refractivity (Wildman–Crippen MR) is 131 cm³/mol. The number of amides is 2. The van der Waals surface area contributed by atoms with Gasteiger partial charge in [0.25, 0.3) is 5.91 Å².